The van der Waals surface area contributed by atoms with Crippen LogP contribution in [0.5, 0.6) is 0 Å². The van der Waals surface area contributed by atoms with Gasteiger partial charge in [-0.2, -0.15) is 5.26 Å². The van der Waals surface area contributed by atoms with Crippen molar-refractivity contribution in [2.45, 2.75) is 19.3 Å². The molecule has 1 heterocycles. The molecule has 0 bridgehead atoms. The summed E-state index contributed by atoms with van der Waals surface area (Å²) in [5.74, 6) is -0.554. The average Bonchev–Trinajstić information content (AvgIpc) is 2.90. The molecule has 0 radical (unpaired) electrons. The molecule has 0 aromatic heterocycles. The molecule has 2 aromatic rings. The number of carbonyl (C=O) groups is 2. The zero-order valence-electron chi connectivity index (χ0n) is 15.2. The van der Waals surface area contributed by atoms with Crippen molar-refractivity contribution in [3.8, 4) is 6.07 Å². The van der Waals surface area contributed by atoms with Gasteiger partial charge in [-0.05, 0) is 55.2 Å². The number of anilines is 2. The number of rotatable bonds is 3. The van der Waals surface area contributed by atoms with Gasteiger partial charge in [0.2, 0.25) is 0 Å². The molecule has 0 spiro atoms. The lowest BCUT2D eigenvalue weighted by Gasteiger charge is -2.23. The van der Waals surface area contributed by atoms with Crippen LogP contribution >= 0.6 is 34.8 Å². The van der Waals surface area contributed by atoms with Crippen LogP contribution in [0.1, 0.15) is 24.0 Å². The zero-order valence-corrected chi connectivity index (χ0v) is 17.4. The molecular formula is C20H16Cl3N3O3. The molecule has 0 saturated heterocycles. The largest absolute Gasteiger partial charge is 0.439 e. The highest BCUT2D eigenvalue weighted by Crippen LogP contribution is 2.36. The van der Waals surface area contributed by atoms with Crippen LogP contribution in [0.25, 0.3) is 0 Å². The van der Waals surface area contributed by atoms with E-state index >= 15 is 0 Å². The molecule has 0 saturated carbocycles. The standard InChI is InChI=1S/C20H16Cl3N3O3/c21-14-8-13-3-1-2-6-26(19(13)16(23)9-14)20(28)29-11-18(27)25-17-5-4-12(10-24)7-15(17)22/h4-5,7-9H,1-3,6,11H2,(H,25,27). The highest BCUT2D eigenvalue weighted by molar-refractivity contribution is 6.37. The third-order valence-corrected chi connectivity index (χ3v) is 5.19. The summed E-state index contributed by atoms with van der Waals surface area (Å²) in [5, 5.41) is 12.5. The van der Waals surface area contributed by atoms with Crippen molar-refractivity contribution in [2.24, 2.45) is 0 Å². The van der Waals surface area contributed by atoms with Crippen molar-refractivity contribution >= 4 is 58.2 Å². The molecule has 0 unspecified atom stereocenters. The molecule has 2 aromatic carbocycles. The Hall–Kier alpha value is -2.46. The number of aryl methyl sites for hydroxylation is 1. The van der Waals surface area contributed by atoms with Gasteiger partial charge in [0, 0.05) is 11.6 Å². The van der Waals surface area contributed by atoms with Gasteiger partial charge in [-0.25, -0.2) is 4.79 Å². The van der Waals surface area contributed by atoms with Crippen LogP contribution in [0.2, 0.25) is 15.1 Å². The molecule has 6 nitrogen and oxygen atoms in total. The molecule has 0 aliphatic carbocycles. The van der Waals surface area contributed by atoms with Gasteiger partial charge in [0.1, 0.15) is 0 Å². The van der Waals surface area contributed by atoms with Crippen LogP contribution < -0.4 is 10.2 Å². The predicted octanol–water partition coefficient (Wildman–Crippen LogP) is 5.44. The van der Waals surface area contributed by atoms with Crippen LogP contribution in [-0.4, -0.2) is 25.2 Å². The summed E-state index contributed by atoms with van der Waals surface area (Å²) in [7, 11) is 0. The summed E-state index contributed by atoms with van der Waals surface area (Å²) < 4.78 is 5.19. The van der Waals surface area contributed by atoms with Gasteiger partial charge >= 0.3 is 6.09 Å². The molecule has 0 atom stereocenters. The molecule has 1 aliphatic heterocycles. The van der Waals surface area contributed by atoms with Crippen LogP contribution in [0.3, 0.4) is 0 Å². The van der Waals surface area contributed by atoms with Crippen molar-refractivity contribution in [3.05, 3.63) is 56.5 Å². The van der Waals surface area contributed by atoms with Crippen LogP contribution in [-0.2, 0) is 16.0 Å². The normalized spacial score (nSPS) is 13.1. The number of benzene rings is 2. The van der Waals surface area contributed by atoms with Gasteiger partial charge < -0.3 is 10.1 Å². The van der Waals surface area contributed by atoms with Crippen LogP contribution in [0.15, 0.2) is 30.3 Å². The Bertz CT molecular complexity index is 1000. The number of amides is 2. The fraction of sp³-hybridized carbons (Fsp3) is 0.250. The number of hydrogen-bond acceptors (Lipinski definition) is 4. The van der Waals surface area contributed by atoms with E-state index in [9.17, 15) is 9.59 Å². The summed E-state index contributed by atoms with van der Waals surface area (Å²) >= 11 is 18.4. The number of nitrogens with zero attached hydrogens (tertiary/aromatic N) is 2. The van der Waals surface area contributed by atoms with Crippen molar-refractivity contribution in [3.63, 3.8) is 0 Å². The third-order valence-electron chi connectivity index (χ3n) is 4.37. The topological polar surface area (TPSA) is 82.4 Å². The second kappa shape index (κ2) is 9.36. The maximum atomic E-state index is 12.6. The number of ether oxygens (including phenoxy) is 1. The number of carbonyl (C=O) groups excluding carboxylic acids is 2. The Balaban J connectivity index is 1.67. The lowest BCUT2D eigenvalue weighted by molar-refractivity contribution is -0.118. The maximum absolute atomic E-state index is 12.6. The second-order valence-corrected chi connectivity index (χ2v) is 7.66. The smallest absolute Gasteiger partial charge is 0.414 e. The van der Waals surface area contributed by atoms with Gasteiger partial charge in [0.15, 0.2) is 6.61 Å². The highest BCUT2D eigenvalue weighted by Gasteiger charge is 2.26. The highest BCUT2D eigenvalue weighted by atomic mass is 35.5. The van der Waals surface area contributed by atoms with E-state index in [0.717, 1.165) is 24.8 Å². The average molecular weight is 453 g/mol. The number of fused-ring (bicyclic) bond motifs is 1. The fourth-order valence-corrected chi connectivity index (χ4v) is 3.93. The van der Waals surface area contributed by atoms with Gasteiger partial charge in [-0.1, -0.05) is 34.8 Å². The molecule has 2 amide bonds. The predicted molar refractivity (Wildman–Crippen MR) is 113 cm³/mol. The molecule has 1 N–H and O–H groups in total. The van der Waals surface area contributed by atoms with Crippen molar-refractivity contribution in [2.75, 3.05) is 23.4 Å². The van der Waals surface area contributed by atoms with E-state index in [4.69, 9.17) is 44.8 Å². The Morgan fingerprint density at radius 3 is 2.66 bits per heavy atom. The summed E-state index contributed by atoms with van der Waals surface area (Å²) in [6.45, 7) is -0.0670. The number of hydrogen-bond donors (Lipinski definition) is 1. The van der Waals surface area contributed by atoms with E-state index in [-0.39, 0.29) is 5.02 Å². The van der Waals surface area contributed by atoms with E-state index in [2.05, 4.69) is 5.32 Å². The first-order valence-electron chi connectivity index (χ1n) is 8.80. The fourth-order valence-electron chi connectivity index (χ4n) is 3.07. The van der Waals surface area contributed by atoms with Crippen molar-refractivity contribution < 1.29 is 14.3 Å². The first-order chi connectivity index (χ1) is 13.9. The van der Waals surface area contributed by atoms with Gasteiger partial charge in [-0.15, -0.1) is 0 Å². The number of halogens is 3. The summed E-state index contributed by atoms with van der Waals surface area (Å²) in [5.41, 5.74) is 2.13. The lowest BCUT2D eigenvalue weighted by atomic mass is 10.1. The number of nitrogens with one attached hydrogen (secondary N) is 1. The Kier molecular flexibility index (Phi) is 6.86. The third kappa shape index (κ3) is 5.13. The minimum absolute atomic E-state index is 0.217. The zero-order chi connectivity index (χ0) is 21.0. The molecular weight excluding hydrogens is 437 g/mol. The minimum Gasteiger partial charge on any atom is -0.439 e. The first kappa shape index (κ1) is 21.3. The minimum atomic E-state index is -0.668. The van der Waals surface area contributed by atoms with Gasteiger partial charge in [-0.3, -0.25) is 9.69 Å². The van der Waals surface area contributed by atoms with Crippen LogP contribution in [0.4, 0.5) is 16.2 Å². The summed E-state index contributed by atoms with van der Waals surface area (Å²) in [4.78, 5) is 26.2. The lowest BCUT2D eigenvalue weighted by Crippen LogP contribution is -2.34. The van der Waals surface area contributed by atoms with E-state index in [1.807, 2.05) is 6.07 Å². The number of nitriles is 1. The Labute approximate surface area is 182 Å². The monoisotopic (exact) mass is 451 g/mol. The molecule has 3 rings (SSSR count). The van der Waals surface area contributed by atoms with Gasteiger partial charge in [0.25, 0.3) is 5.91 Å². The summed E-state index contributed by atoms with van der Waals surface area (Å²) in [6, 6.07) is 9.78. The van der Waals surface area contributed by atoms with E-state index < -0.39 is 18.6 Å². The first-order valence-corrected chi connectivity index (χ1v) is 9.94. The van der Waals surface area contributed by atoms with E-state index in [0.29, 0.717) is 33.5 Å². The molecule has 29 heavy (non-hydrogen) atoms. The maximum Gasteiger partial charge on any atom is 0.414 e. The molecule has 9 heteroatoms. The Morgan fingerprint density at radius 1 is 1.14 bits per heavy atom. The quantitative estimate of drug-likeness (QED) is 0.672. The van der Waals surface area contributed by atoms with E-state index in [1.165, 1.54) is 23.1 Å². The molecule has 1 aliphatic rings. The Morgan fingerprint density at radius 2 is 1.93 bits per heavy atom. The van der Waals surface area contributed by atoms with E-state index in [1.54, 1.807) is 12.1 Å². The second-order valence-electron chi connectivity index (χ2n) is 6.41. The van der Waals surface area contributed by atoms with Gasteiger partial charge in [0.05, 0.1) is 33.1 Å². The SMILES string of the molecule is N#Cc1ccc(NC(=O)COC(=O)N2CCCCc3cc(Cl)cc(Cl)c32)c(Cl)c1. The molecule has 0 fully saturated rings. The van der Waals surface area contributed by atoms with Crippen molar-refractivity contribution in [1.82, 2.24) is 0 Å². The molecule has 150 valence electrons. The summed E-state index contributed by atoms with van der Waals surface area (Å²) in [6.07, 6.45) is 1.73. The van der Waals surface area contributed by atoms with Crippen LogP contribution in [0, 0.1) is 11.3 Å². The van der Waals surface area contributed by atoms with Crippen molar-refractivity contribution in [1.29, 1.82) is 5.26 Å².